The van der Waals surface area contributed by atoms with Crippen molar-refractivity contribution in [3.05, 3.63) is 23.0 Å². The molecule has 0 aliphatic rings. The summed E-state index contributed by atoms with van der Waals surface area (Å²) in [6, 6.07) is 1.82. The minimum absolute atomic E-state index is 0.515. The molecule has 0 unspecified atom stereocenters. The zero-order chi connectivity index (χ0) is 9.42. The summed E-state index contributed by atoms with van der Waals surface area (Å²) in [4.78, 5) is 5.23. The van der Waals surface area contributed by atoms with Crippen molar-refractivity contribution in [3.63, 3.8) is 0 Å². The molecule has 0 aliphatic carbocycles. The van der Waals surface area contributed by atoms with Crippen LogP contribution in [0.3, 0.4) is 0 Å². The maximum absolute atomic E-state index is 5.87. The molecule has 0 bridgehead atoms. The topological polar surface area (TPSA) is 26.0 Å². The van der Waals surface area contributed by atoms with Crippen molar-refractivity contribution in [2.24, 2.45) is 0 Å². The van der Waals surface area contributed by atoms with Crippen molar-refractivity contribution < 1.29 is 4.42 Å². The third-order valence-electron chi connectivity index (χ3n) is 1.85. The van der Waals surface area contributed by atoms with Gasteiger partial charge in [-0.3, -0.25) is 0 Å². The third-order valence-corrected chi connectivity index (χ3v) is 2.79. The lowest BCUT2D eigenvalue weighted by molar-refractivity contribution is 0.605. The Hall–Kier alpha value is -0.670. The van der Waals surface area contributed by atoms with Crippen molar-refractivity contribution in [1.29, 1.82) is 0 Å². The molecule has 0 spiro atoms. The van der Waals surface area contributed by atoms with Crippen molar-refractivity contribution in [2.75, 3.05) is 6.26 Å². The van der Waals surface area contributed by atoms with E-state index in [0.717, 1.165) is 21.6 Å². The number of hydrogen-bond donors (Lipinski definition) is 0. The van der Waals surface area contributed by atoms with E-state index < -0.39 is 0 Å². The number of furan rings is 1. The second kappa shape index (κ2) is 3.24. The van der Waals surface area contributed by atoms with E-state index in [9.17, 15) is 0 Å². The molecule has 13 heavy (non-hydrogen) atoms. The van der Waals surface area contributed by atoms with Gasteiger partial charge in [-0.1, -0.05) is 11.6 Å². The maximum atomic E-state index is 5.87. The molecule has 68 valence electrons. The van der Waals surface area contributed by atoms with Crippen LogP contribution >= 0.6 is 23.4 Å². The summed E-state index contributed by atoms with van der Waals surface area (Å²) in [5.74, 6) is 0. The number of nitrogens with zero attached hydrogens (tertiary/aromatic N) is 1. The number of thioether (sulfide) groups is 1. The van der Waals surface area contributed by atoms with Gasteiger partial charge in [0.2, 0.25) is 0 Å². The first-order chi connectivity index (χ1) is 6.22. The van der Waals surface area contributed by atoms with E-state index in [1.807, 2.05) is 19.2 Å². The van der Waals surface area contributed by atoms with Crippen molar-refractivity contribution >= 4 is 34.5 Å². The van der Waals surface area contributed by atoms with Gasteiger partial charge in [-0.15, -0.1) is 11.8 Å². The van der Waals surface area contributed by atoms with E-state index in [1.165, 1.54) is 0 Å². The van der Waals surface area contributed by atoms with Crippen LogP contribution in [-0.2, 0) is 0 Å². The standard InChI is InChI=1S/C9H8ClNOS/c1-5-4-12-9-6(13-2)3-7(10)11-8(5)9/h3-4H,1-2H3. The normalized spacial score (nSPS) is 11.0. The molecule has 2 aromatic rings. The highest BCUT2D eigenvalue weighted by atomic mass is 35.5. The van der Waals surface area contributed by atoms with E-state index in [0.29, 0.717) is 5.15 Å². The zero-order valence-corrected chi connectivity index (χ0v) is 8.87. The maximum Gasteiger partial charge on any atom is 0.166 e. The number of fused-ring (bicyclic) bond motifs is 1. The van der Waals surface area contributed by atoms with E-state index in [-0.39, 0.29) is 0 Å². The first-order valence-electron chi connectivity index (χ1n) is 3.80. The molecule has 0 saturated carbocycles. The van der Waals surface area contributed by atoms with Crippen molar-refractivity contribution in [1.82, 2.24) is 4.98 Å². The number of rotatable bonds is 1. The average molecular weight is 214 g/mol. The van der Waals surface area contributed by atoms with Crippen molar-refractivity contribution in [2.45, 2.75) is 11.8 Å². The van der Waals surface area contributed by atoms with Crippen LogP contribution in [0.25, 0.3) is 11.1 Å². The second-order valence-corrected chi connectivity index (χ2v) is 3.98. The molecule has 0 radical (unpaired) electrons. The summed E-state index contributed by atoms with van der Waals surface area (Å²) in [7, 11) is 0. The Morgan fingerprint density at radius 3 is 3.00 bits per heavy atom. The van der Waals surface area contributed by atoms with Gasteiger partial charge in [0.1, 0.15) is 10.7 Å². The van der Waals surface area contributed by atoms with Crippen LogP contribution in [0.4, 0.5) is 0 Å². The highest BCUT2D eigenvalue weighted by molar-refractivity contribution is 7.98. The van der Waals surface area contributed by atoms with Gasteiger partial charge in [0.25, 0.3) is 0 Å². The van der Waals surface area contributed by atoms with E-state index >= 15 is 0 Å². The van der Waals surface area contributed by atoms with Gasteiger partial charge in [0.15, 0.2) is 5.58 Å². The predicted octanol–water partition coefficient (Wildman–Crippen LogP) is 3.51. The molecule has 2 heterocycles. The number of aryl methyl sites for hydroxylation is 1. The van der Waals surface area contributed by atoms with Gasteiger partial charge in [0, 0.05) is 5.56 Å². The van der Waals surface area contributed by atoms with Gasteiger partial charge in [-0.25, -0.2) is 4.98 Å². The lowest BCUT2D eigenvalue weighted by Crippen LogP contribution is -1.80. The molecule has 0 amide bonds. The molecular formula is C9H8ClNOS. The zero-order valence-electron chi connectivity index (χ0n) is 7.30. The molecule has 0 fully saturated rings. The van der Waals surface area contributed by atoms with Crippen LogP contribution in [0.15, 0.2) is 21.6 Å². The number of halogens is 1. The van der Waals surface area contributed by atoms with Crippen LogP contribution in [-0.4, -0.2) is 11.2 Å². The lowest BCUT2D eigenvalue weighted by Gasteiger charge is -1.97. The van der Waals surface area contributed by atoms with Gasteiger partial charge in [0.05, 0.1) is 11.2 Å². The molecule has 0 saturated heterocycles. The number of aromatic nitrogens is 1. The largest absolute Gasteiger partial charge is 0.461 e. The van der Waals surface area contributed by atoms with Crippen LogP contribution in [0, 0.1) is 6.92 Å². The van der Waals surface area contributed by atoms with E-state index in [1.54, 1.807) is 18.0 Å². The lowest BCUT2D eigenvalue weighted by atomic mass is 10.3. The van der Waals surface area contributed by atoms with Crippen LogP contribution in [0.2, 0.25) is 5.15 Å². The minimum Gasteiger partial charge on any atom is -0.461 e. The quantitative estimate of drug-likeness (QED) is 0.536. The summed E-state index contributed by atoms with van der Waals surface area (Å²) in [5, 5.41) is 0.515. The molecule has 0 N–H and O–H groups in total. The predicted molar refractivity (Wildman–Crippen MR) is 55.5 cm³/mol. The fourth-order valence-corrected chi connectivity index (χ4v) is 2.03. The molecule has 2 rings (SSSR count). The first-order valence-corrected chi connectivity index (χ1v) is 5.41. The Bertz CT molecular complexity index is 452. The Morgan fingerprint density at radius 2 is 2.31 bits per heavy atom. The Morgan fingerprint density at radius 1 is 1.54 bits per heavy atom. The highest BCUT2D eigenvalue weighted by Crippen LogP contribution is 2.30. The van der Waals surface area contributed by atoms with Gasteiger partial charge < -0.3 is 4.42 Å². The van der Waals surface area contributed by atoms with Crippen LogP contribution < -0.4 is 0 Å². The van der Waals surface area contributed by atoms with Gasteiger partial charge >= 0.3 is 0 Å². The summed E-state index contributed by atoms with van der Waals surface area (Å²) in [6.45, 7) is 1.96. The van der Waals surface area contributed by atoms with Gasteiger partial charge in [-0.05, 0) is 19.2 Å². The molecule has 0 aromatic carbocycles. The highest BCUT2D eigenvalue weighted by Gasteiger charge is 2.09. The SMILES string of the molecule is CSc1cc(Cl)nc2c(C)coc12. The van der Waals surface area contributed by atoms with Crippen LogP contribution in [0.5, 0.6) is 0 Å². The molecule has 2 nitrogen and oxygen atoms in total. The molecule has 0 atom stereocenters. The van der Waals surface area contributed by atoms with Crippen molar-refractivity contribution in [3.8, 4) is 0 Å². The monoisotopic (exact) mass is 213 g/mol. The molecule has 4 heteroatoms. The van der Waals surface area contributed by atoms with Gasteiger partial charge in [-0.2, -0.15) is 0 Å². The summed E-state index contributed by atoms with van der Waals surface area (Å²) in [6.07, 6.45) is 3.69. The number of hydrogen-bond acceptors (Lipinski definition) is 3. The minimum atomic E-state index is 0.515. The first kappa shape index (κ1) is 8.91. The molecule has 2 aromatic heterocycles. The van der Waals surface area contributed by atoms with Crippen LogP contribution in [0.1, 0.15) is 5.56 Å². The summed E-state index contributed by atoms with van der Waals surface area (Å²) in [5.41, 5.74) is 2.71. The second-order valence-electron chi connectivity index (χ2n) is 2.74. The fraction of sp³-hybridized carbons (Fsp3) is 0.222. The van der Waals surface area contributed by atoms with E-state index in [4.69, 9.17) is 16.0 Å². The smallest absolute Gasteiger partial charge is 0.166 e. The average Bonchev–Trinajstić information content (AvgIpc) is 2.47. The number of pyridine rings is 1. The molecular weight excluding hydrogens is 206 g/mol. The summed E-state index contributed by atoms with van der Waals surface area (Å²) >= 11 is 7.47. The third kappa shape index (κ3) is 1.42. The Kier molecular flexibility index (Phi) is 2.22. The fourth-order valence-electron chi connectivity index (χ4n) is 1.22. The Balaban J connectivity index is 2.84. The van der Waals surface area contributed by atoms with E-state index in [2.05, 4.69) is 4.98 Å². The molecule has 0 aliphatic heterocycles. The summed E-state index contributed by atoms with van der Waals surface area (Å²) < 4.78 is 5.38. The Labute approximate surface area is 85.3 Å².